The molecule has 0 aliphatic heterocycles. The van der Waals surface area contributed by atoms with Gasteiger partial charge in [0, 0.05) is 28.7 Å². The van der Waals surface area contributed by atoms with Gasteiger partial charge in [0.15, 0.2) is 6.61 Å². The van der Waals surface area contributed by atoms with Gasteiger partial charge in [-0.1, -0.05) is 44.0 Å². The number of ether oxygens (including phenoxy) is 1. The fraction of sp³-hybridized carbons (Fsp3) is 0.353. The lowest BCUT2D eigenvalue weighted by Gasteiger charge is -2.21. The highest BCUT2D eigenvalue weighted by Gasteiger charge is 2.19. The minimum atomic E-state index is -0.260. The smallest absolute Gasteiger partial charge is 0.258 e. The molecule has 0 aliphatic carbocycles. The predicted molar refractivity (Wildman–Crippen MR) is 94.5 cm³/mol. The highest BCUT2D eigenvalue weighted by molar-refractivity contribution is 6.35. The number of benzene rings is 1. The number of aromatic nitrogens is 2. The van der Waals surface area contributed by atoms with E-state index in [0.717, 1.165) is 11.3 Å². The Labute approximate surface area is 151 Å². The van der Waals surface area contributed by atoms with Crippen LogP contribution in [0.25, 0.3) is 0 Å². The first-order valence-electron chi connectivity index (χ1n) is 7.41. The quantitative estimate of drug-likeness (QED) is 0.873. The molecule has 2 rings (SSSR count). The van der Waals surface area contributed by atoms with E-state index in [0.29, 0.717) is 22.3 Å². The molecule has 0 saturated heterocycles. The number of nitrogens with one attached hydrogen (secondary N) is 1. The van der Waals surface area contributed by atoms with Crippen LogP contribution in [-0.2, 0) is 16.8 Å². The molecule has 0 bridgehead atoms. The maximum Gasteiger partial charge on any atom is 0.258 e. The van der Waals surface area contributed by atoms with E-state index in [4.69, 9.17) is 27.9 Å². The van der Waals surface area contributed by atoms with Gasteiger partial charge in [0.1, 0.15) is 12.1 Å². The van der Waals surface area contributed by atoms with Crippen molar-refractivity contribution in [2.45, 2.75) is 32.7 Å². The van der Waals surface area contributed by atoms with Gasteiger partial charge in [-0.2, -0.15) is 0 Å². The molecular formula is C17H19Cl2N3O2. The number of halogens is 2. The molecule has 0 spiro atoms. The molecule has 1 aromatic heterocycles. The van der Waals surface area contributed by atoms with Crippen molar-refractivity contribution in [1.29, 1.82) is 0 Å². The molecule has 2 aromatic rings. The molecule has 1 N–H and O–H groups in total. The van der Waals surface area contributed by atoms with Crippen molar-refractivity contribution in [2.24, 2.45) is 0 Å². The summed E-state index contributed by atoms with van der Waals surface area (Å²) in [6.07, 6.45) is 3.22. The molecule has 1 amide bonds. The highest BCUT2D eigenvalue weighted by atomic mass is 35.5. The Morgan fingerprint density at radius 1 is 1.29 bits per heavy atom. The van der Waals surface area contributed by atoms with Crippen molar-refractivity contribution < 1.29 is 9.53 Å². The molecule has 1 heterocycles. The normalized spacial score (nSPS) is 11.2. The van der Waals surface area contributed by atoms with E-state index in [9.17, 15) is 4.79 Å². The summed E-state index contributed by atoms with van der Waals surface area (Å²) in [4.78, 5) is 20.3. The van der Waals surface area contributed by atoms with E-state index in [2.05, 4.69) is 36.1 Å². The number of carbonyl (C=O) groups excluding carboxylic acids is 1. The topological polar surface area (TPSA) is 64.1 Å². The van der Waals surface area contributed by atoms with Crippen molar-refractivity contribution in [3.05, 3.63) is 52.0 Å². The summed E-state index contributed by atoms with van der Waals surface area (Å²) in [5, 5.41) is 3.67. The van der Waals surface area contributed by atoms with E-state index in [1.54, 1.807) is 24.4 Å². The Kier molecular flexibility index (Phi) is 6.02. The van der Waals surface area contributed by atoms with E-state index in [1.165, 1.54) is 6.33 Å². The molecule has 0 radical (unpaired) electrons. The summed E-state index contributed by atoms with van der Waals surface area (Å²) < 4.78 is 5.41. The maximum absolute atomic E-state index is 12.0. The minimum Gasteiger partial charge on any atom is -0.482 e. The third-order valence-corrected chi connectivity index (χ3v) is 3.76. The van der Waals surface area contributed by atoms with Crippen molar-refractivity contribution in [3.8, 4) is 5.75 Å². The van der Waals surface area contributed by atoms with Gasteiger partial charge < -0.3 is 10.1 Å². The molecule has 128 valence electrons. The SMILES string of the molecule is CC(C)(C)c1ncncc1CNC(=O)COc1ccc(Cl)cc1Cl. The monoisotopic (exact) mass is 367 g/mol. The maximum atomic E-state index is 12.0. The van der Waals surface area contributed by atoms with Gasteiger partial charge in [-0.15, -0.1) is 0 Å². The van der Waals surface area contributed by atoms with Gasteiger partial charge in [0.05, 0.1) is 10.7 Å². The van der Waals surface area contributed by atoms with Gasteiger partial charge in [-0.05, 0) is 18.2 Å². The number of hydrogen-bond acceptors (Lipinski definition) is 4. The zero-order valence-electron chi connectivity index (χ0n) is 13.8. The zero-order valence-corrected chi connectivity index (χ0v) is 15.3. The van der Waals surface area contributed by atoms with Crippen LogP contribution >= 0.6 is 23.2 Å². The van der Waals surface area contributed by atoms with Gasteiger partial charge in [0.25, 0.3) is 5.91 Å². The van der Waals surface area contributed by atoms with Crippen LogP contribution in [0.2, 0.25) is 10.0 Å². The molecule has 0 fully saturated rings. The van der Waals surface area contributed by atoms with Crippen LogP contribution in [0, 0.1) is 0 Å². The minimum absolute atomic E-state index is 0.129. The Morgan fingerprint density at radius 2 is 2.04 bits per heavy atom. The van der Waals surface area contributed by atoms with Gasteiger partial charge in [0.2, 0.25) is 0 Å². The van der Waals surface area contributed by atoms with Gasteiger partial charge >= 0.3 is 0 Å². The third-order valence-electron chi connectivity index (χ3n) is 3.23. The molecule has 0 unspecified atom stereocenters. The number of hydrogen-bond donors (Lipinski definition) is 1. The number of carbonyl (C=O) groups is 1. The summed E-state index contributed by atoms with van der Waals surface area (Å²) in [7, 11) is 0. The molecule has 0 aliphatic rings. The molecule has 1 aromatic carbocycles. The first-order chi connectivity index (χ1) is 11.3. The Morgan fingerprint density at radius 3 is 2.71 bits per heavy atom. The standard InChI is InChI=1S/C17H19Cl2N3O2/c1-17(2,3)16-11(7-20-10-22-16)8-21-15(23)9-24-14-5-4-12(18)6-13(14)19/h4-7,10H,8-9H2,1-3H3,(H,21,23). The molecule has 5 nitrogen and oxygen atoms in total. The third kappa shape index (κ3) is 5.08. The summed E-state index contributed by atoms with van der Waals surface area (Å²) in [5.41, 5.74) is 1.65. The number of rotatable bonds is 5. The first-order valence-corrected chi connectivity index (χ1v) is 8.17. The van der Waals surface area contributed by atoms with Crippen LogP contribution in [0.15, 0.2) is 30.7 Å². The lowest BCUT2D eigenvalue weighted by atomic mass is 9.89. The molecule has 0 atom stereocenters. The fourth-order valence-electron chi connectivity index (χ4n) is 2.14. The lowest BCUT2D eigenvalue weighted by molar-refractivity contribution is -0.123. The second kappa shape index (κ2) is 7.81. The van der Waals surface area contributed by atoms with Gasteiger partial charge in [-0.3, -0.25) is 4.79 Å². The van der Waals surface area contributed by atoms with Crippen LogP contribution < -0.4 is 10.1 Å². The Balaban J connectivity index is 1.92. The van der Waals surface area contributed by atoms with E-state index in [-0.39, 0.29) is 17.9 Å². The predicted octanol–water partition coefficient (Wildman–Crippen LogP) is 3.78. The molecule has 7 heteroatoms. The number of nitrogens with zero attached hydrogens (tertiary/aromatic N) is 2. The summed E-state index contributed by atoms with van der Waals surface area (Å²) >= 11 is 11.8. The first kappa shape index (κ1) is 18.5. The number of amides is 1. The summed E-state index contributed by atoms with van der Waals surface area (Å²) in [6, 6.07) is 4.84. The van der Waals surface area contributed by atoms with Gasteiger partial charge in [-0.25, -0.2) is 9.97 Å². The lowest BCUT2D eigenvalue weighted by Crippen LogP contribution is -2.30. The van der Waals surface area contributed by atoms with Crippen molar-refractivity contribution >= 4 is 29.1 Å². The highest BCUT2D eigenvalue weighted by Crippen LogP contribution is 2.27. The average Bonchev–Trinajstić information content (AvgIpc) is 2.51. The van der Waals surface area contributed by atoms with Crippen LogP contribution in [0.4, 0.5) is 0 Å². The van der Waals surface area contributed by atoms with Crippen LogP contribution in [0.1, 0.15) is 32.0 Å². The molecule has 24 heavy (non-hydrogen) atoms. The van der Waals surface area contributed by atoms with E-state index in [1.807, 2.05) is 0 Å². The Bertz CT molecular complexity index is 730. The Hall–Kier alpha value is -1.85. The van der Waals surface area contributed by atoms with E-state index < -0.39 is 0 Å². The summed E-state index contributed by atoms with van der Waals surface area (Å²) in [5.74, 6) is 0.152. The van der Waals surface area contributed by atoms with E-state index >= 15 is 0 Å². The molecular weight excluding hydrogens is 349 g/mol. The second-order valence-corrected chi connectivity index (χ2v) is 7.13. The largest absolute Gasteiger partial charge is 0.482 e. The fourth-order valence-corrected chi connectivity index (χ4v) is 2.61. The van der Waals surface area contributed by atoms with Crippen molar-refractivity contribution in [1.82, 2.24) is 15.3 Å². The van der Waals surface area contributed by atoms with Crippen LogP contribution in [-0.4, -0.2) is 22.5 Å². The second-order valence-electron chi connectivity index (χ2n) is 6.29. The summed E-state index contributed by atoms with van der Waals surface area (Å²) in [6.45, 7) is 6.38. The van der Waals surface area contributed by atoms with Crippen molar-refractivity contribution in [2.75, 3.05) is 6.61 Å². The van der Waals surface area contributed by atoms with Crippen LogP contribution in [0.3, 0.4) is 0 Å². The van der Waals surface area contributed by atoms with Crippen LogP contribution in [0.5, 0.6) is 5.75 Å². The zero-order chi connectivity index (χ0) is 17.7. The van der Waals surface area contributed by atoms with Crippen molar-refractivity contribution in [3.63, 3.8) is 0 Å². The molecule has 0 saturated carbocycles. The average molecular weight is 368 g/mol.